The predicted molar refractivity (Wildman–Crippen MR) is 507 cm³/mol. The van der Waals surface area contributed by atoms with Gasteiger partial charge in [-0.05, 0) is 218 Å². The second-order valence-electron chi connectivity index (χ2n) is 44.5. The van der Waals surface area contributed by atoms with E-state index in [1.165, 1.54) is 14.7 Å². The molecule has 3 aromatic heterocycles. The van der Waals surface area contributed by atoms with Gasteiger partial charge in [0.2, 0.25) is 35.4 Å². The van der Waals surface area contributed by atoms with Crippen molar-refractivity contribution in [1.82, 2.24) is 60.6 Å². The molecular formula is C105H141N12O18V3-3. The predicted octanol–water partition coefficient (Wildman–Crippen LogP) is 16.9. The van der Waals surface area contributed by atoms with E-state index in [9.17, 15) is 43.2 Å². The van der Waals surface area contributed by atoms with Gasteiger partial charge in [-0.3, -0.25) is 14.4 Å². The minimum absolute atomic E-state index is 0. The number of fused-ring (bicyclic) bond motifs is 18. The molecule has 3 radical (unpaired) electrons. The Morgan fingerprint density at radius 1 is 0.377 bits per heavy atom. The molecule has 18 rings (SSSR count). The number of carbonyl (C=O) groups is 6. The van der Waals surface area contributed by atoms with Crippen molar-refractivity contribution in [2.45, 2.75) is 365 Å². The van der Waals surface area contributed by atoms with E-state index in [4.69, 9.17) is 72.5 Å². The first-order chi connectivity index (χ1) is 64.4. The number of amides is 6. The van der Waals surface area contributed by atoms with Crippen LogP contribution in [-0.4, -0.2) is 212 Å². The van der Waals surface area contributed by atoms with E-state index >= 15 is 0 Å². The van der Waals surface area contributed by atoms with Crippen LogP contribution in [0.25, 0.3) is 33.1 Å². The smallest absolute Gasteiger partial charge is 0.408 e. The van der Waals surface area contributed by atoms with Gasteiger partial charge < -0.3 is 87.7 Å². The summed E-state index contributed by atoms with van der Waals surface area (Å²) in [7, 11) is 4.87. The molecule has 12 aliphatic rings. The number of nitrogens with zero attached hydrogens (tertiary/aromatic N) is 9. The third-order valence-corrected chi connectivity index (χ3v) is 32.3. The second kappa shape index (κ2) is 42.9. The van der Waals surface area contributed by atoms with Crippen molar-refractivity contribution in [2.24, 2.45) is 51.8 Å². The standard InChI is InChI=1S/C36H49N4O6.C35H47N4O6.C34H45N4O6.3V/c1-7-24-27(21-41)40-20-28(24)45-31-29(37-25-14-13-23(44-6)19-26(25)38-31)36(17-18-36)16-9-8-11-22-12-10-15-35(22,5)46-33(43)39-30(32(40)42)34(2,3)4;1-6-23-26(20-40)39-19-28(23)44-31-29(36-24-14-13-22(43-5)18-25(24)37-31)35(16-17-35)15-8-7-10-21-11-9-12-27(21)45-33(42)38-30(32(39)41)34(2,3)4;1-7-22-25(19-39)38-18-26(22)43-29-27(35-23-12-11-21(42-6)16-24(23)36-29)34(14-15-34)13-9-8-10-20-17-33(20,5)44-31(41)37-28(30(38)40)32(2,3)4;;;/h13-14,19,22,24,27-28,30H,7-12,15-18,20H2,1-6H3,(H,39,43);13-14,18,21,23,26-28,30H,6-12,15-17,19H2,1-5H3,(H,38,42);11-12,16,20,22,25-26,28H,7-10,13-15,17-18H2,1-6H3,(H,37,41);;;/q3*-1;;;/t22-,24+,27-,28+,30-,35-;21-,23+,26-,27-,28+,30-;20-,22+,25-,26+,28-,33-;;;/m111.../s1. The Labute approximate surface area is 848 Å². The van der Waals surface area contributed by atoms with Crippen LogP contribution in [0.1, 0.15) is 294 Å². The largest absolute Gasteiger partial charge is 0.540 e. The number of methoxy groups -OCH3 is 3. The van der Waals surface area contributed by atoms with Gasteiger partial charge in [-0.1, -0.05) is 159 Å². The summed E-state index contributed by atoms with van der Waals surface area (Å²) in [5, 5.41) is 8.67. The van der Waals surface area contributed by atoms with Gasteiger partial charge in [-0.25, -0.2) is 63.1 Å². The molecule has 3 spiro atoms. The maximum Gasteiger partial charge on any atom is 0.408 e. The van der Waals surface area contributed by atoms with E-state index in [-0.39, 0.29) is 139 Å². The Kier molecular flexibility index (Phi) is 33.2. The zero-order valence-electron chi connectivity index (χ0n) is 83.6. The number of aromatic nitrogens is 6. The van der Waals surface area contributed by atoms with Crippen LogP contribution in [0.2, 0.25) is 0 Å². The molecular weight excluding hydrogens is 1870 g/mol. The van der Waals surface area contributed by atoms with Crippen LogP contribution < -0.4 is 44.4 Å². The molecule has 9 fully saturated rings. The summed E-state index contributed by atoms with van der Waals surface area (Å²) < 4.78 is 54.7. The van der Waals surface area contributed by atoms with E-state index < -0.39 is 100 Å². The summed E-state index contributed by atoms with van der Waals surface area (Å²) in [6, 6.07) is 11.9. The maximum atomic E-state index is 14.3. The fraction of sp³-hybridized carbons (Fsp3) is 0.686. The summed E-state index contributed by atoms with van der Waals surface area (Å²) in [4.78, 5) is 155. The van der Waals surface area contributed by atoms with Crippen LogP contribution in [0.5, 0.6) is 34.9 Å². The van der Waals surface area contributed by atoms with Crippen molar-refractivity contribution in [3.8, 4) is 34.9 Å². The van der Waals surface area contributed by atoms with Crippen molar-refractivity contribution in [1.29, 1.82) is 0 Å². The van der Waals surface area contributed by atoms with Gasteiger partial charge in [0.05, 0.1) is 74.1 Å². The van der Waals surface area contributed by atoms with Crippen molar-refractivity contribution < 1.29 is 141 Å². The van der Waals surface area contributed by atoms with Crippen molar-refractivity contribution in [2.75, 3.05) is 41.0 Å². The van der Waals surface area contributed by atoms with Gasteiger partial charge in [-0.2, -0.15) is 0 Å². The fourth-order valence-electron chi connectivity index (χ4n) is 23.3. The van der Waals surface area contributed by atoms with E-state index in [1.807, 2.05) is 152 Å². The SMILES string of the molecule is CC[C@@H]1[C@@H]2CN(C(=O)[C@H](C(C)(C)C)NC(=O)O[C@@H]3CCC[C@H]3CCCCC3(CC3)c3nc4ccc(OC)cc4nc3O2)[C@@H]1[C-]=O.CC[C@@H]1[C@@H]2CN(C(=O)[C@H](C(C)(C)C)NC(=O)O[C@]3(C)CCC[C@H]3CCCCC3(CC3)c3nc4ccc(OC)cc4nc3O2)[C@@H]1[C-]=O.CC[C@@H]1[C@@H]2CN(C(=O)[C@H](C(C)(C)C)NC(=O)O[C@]3(C)C[C@H]3CCCCC3(CC3)c3nc4ccc(OC)cc4nc3O2)[C@@H]1[C-]=O.[V].[V].[V]. The number of hydrogen-bond acceptors (Lipinski definition) is 24. The number of alkyl carbamates (subject to hydrolysis) is 3. The second-order valence-corrected chi connectivity index (χ2v) is 44.5. The van der Waals surface area contributed by atoms with Gasteiger partial charge in [0.25, 0.3) is 0 Å². The molecule has 6 saturated carbocycles. The third kappa shape index (κ3) is 22.4. The van der Waals surface area contributed by atoms with Crippen LogP contribution in [0, 0.1) is 51.8 Å². The summed E-state index contributed by atoms with van der Waals surface area (Å²) in [5.41, 5.74) is 3.58. The summed E-state index contributed by atoms with van der Waals surface area (Å²) >= 11 is 0. The molecule has 6 bridgehead atoms. The average molecular weight is 2010 g/mol. The Balaban J connectivity index is 0.000000173. The summed E-state index contributed by atoms with van der Waals surface area (Å²) in [5.74, 6) is 2.37. The first kappa shape index (κ1) is 107. The maximum absolute atomic E-state index is 14.3. The summed E-state index contributed by atoms with van der Waals surface area (Å²) in [6.07, 6.45) is 29.4. The Hall–Kier alpha value is -8.54. The van der Waals surface area contributed by atoms with E-state index in [0.29, 0.717) is 82.5 Å². The van der Waals surface area contributed by atoms with Crippen molar-refractivity contribution >= 4 is 88.0 Å². The first-order valence-corrected chi connectivity index (χ1v) is 50.0. The minimum atomic E-state index is -0.910. The minimum Gasteiger partial charge on any atom is -0.540 e. The van der Waals surface area contributed by atoms with Gasteiger partial charge in [-0.15, -0.1) is 0 Å². The molecule has 6 amide bonds. The zero-order chi connectivity index (χ0) is 96.2. The van der Waals surface area contributed by atoms with Gasteiger partial charge in [0.1, 0.15) is 88.1 Å². The molecule has 3 saturated heterocycles. The van der Waals surface area contributed by atoms with Crippen molar-refractivity contribution in [3.63, 3.8) is 0 Å². The van der Waals surface area contributed by atoms with Gasteiger partial charge in [0.15, 0.2) is 0 Å². The zero-order valence-corrected chi connectivity index (χ0v) is 87.8. The third-order valence-electron chi connectivity index (χ3n) is 32.3. The fourth-order valence-corrected chi connectivity index (χ4v) is 23.3. The molecule has 6 aromatic rings. The van der Waals surface area contributed by atoms with E-state index in [1.54, 1.807) is 21.3 Å². The Morgan fingerprint density at radius 2 is 0.703 bits per heavy atom. The molecule has 0 unspecified atom stereocenters. The molecule has 18 atom stereocenters. The van der Waals surface area contributed by atoms with Crippen LogP contribution >= 0.6 is 0 Å². The quantitative estimate of drug-likeness (QED) is 0.0894. The Bertz CT molecular complexity index is 5430. The number of benzene rings is 3. The molecule has 33 heteroatoms. The van der Waals surface area contributed by atoms with Gasteiger partial charge in [0, 0.05) is 96.0 Å². The molecule has 3 aromatic carbocycles. The molecule has 9 heterocycles. The number of hydrogen-bond donors (Lipinski definition) is 3. The summed E-state index contributed by atoms with van der Waals surface area (Å²) in [6.45, 7) is 27.6. The van der Waals surface area contributed by atoms with E-state index in [0.717, 1.165) is 194 Å². The van der Waals surface area contributed by atoms with Crippen LogP contribution in [0.3, 0.4) is 0 Å². The van der Waals surface area contributed by atoms with Crippen LogP contribution in [-0.2, 0) is 115 Å². The molecule has 3 N–H and O–H groups in total. The Morgan fingerprint density at radius 3 is 1.04 bits per heavy atom. The average Bonchev–Trinajstić information content (AvgIpc) is 1.58. The molecule has 6 aliphatic carbocycles. The van der Waals surface area contributed by atoms with Gasteiger partial charge >= 0.3 is 18.3 Å². The molecule has 30 nitrogen and oxygen atoms in total. The number of carbonyl (C=O) groups excluding carboxylic acids is 9. The number of ether oxygens (including phenoxy) is 9. The number of rotatable bonds is 9. The van der Waals surface area contributed by atoms with E-state index in [2.05, 4.69) is 34.8 Å². The normalized spacial score (nSPS) is 30.6. The van der Waals surface area contributed by atoms with Crippen LogP contribution in [0.15, 0.2) is 54.6 Å². The monoisotopic (exact) mass is 2010 g/mol. The topological polar surface area (TPSA) is 360 Å². The first-order valence-electron chi connectivity index (χ1n) is 50.0. The molecule has 747 valence electrons. The number of nitrogens with one attached hydrogen (secondary N) is 3. The molecule has 138 heavy (non-hydrogen) atoms. The van der Waals surface area contributed by atoms with Crippen molar-refractivity contribution in [3.05, 3.63) is 71.7 Å². The van der Waals surface area contributed by atoms with Crippen LogP contribution in [0.4, 0.5) is 14.4 Å². The molecule has 6 aliphatic heterocycles.